The van der Waals surface area contributed by atoms with Crippen molar-refractivity contribution < 1.29 is 0 Å². The summed E-state index contributed by atoms with van der Waals surface area (Å²) < 4.78 is 0. The van der Waals surface area contributed by atoms with Gasteiger partial charge in [0.25, 0.3) is 0 Å². The molecule has 170 valence electrons. The molecule has 0 aromatic rings. The molecule has 0 saturated heterocycles. The zero-order valence-corrected chi connectivity index (χ0v) is 19.1. The zero-order valence-electron chi connectivity index (χ0n) is 19.1. The van der Waals surface area contributed by atoms with Crippen LogP contribution in [-0.4, -0.2) is 39.3 Å². The number of nitrogens with two attached hydrogens (primary N) is 2. The van der Waals surface area contributed by atoms with E-state index in [9.17, 15) is 0 Å². The summed E-state index contributed by atoms with van der Waals surface area (Å²) in [7, 11) is 0. The molecule has 0 heterocycles. The van der Waals surface area contributed by atoms with Gasteiger partial charge >= 0.3 is 0 Å². The summed E-state index contributed by atoms with van der Waals surface area (Å²) in [5, 5.41) is 7.15. The molecule has 0 bridgehead atoms. The van der Waals surface area contributed by atoms with Crippen LogP contribution < -0.4 is 22.1 Å². The molecule has 0 spiro atoms. The van der Waals surface area contributed by atoms with E-state index in [1.807, 2.05) is 0 Å². The van der Waals surface area contributed by atoms with E-state index in [2.05, 4.69) is 10.6 Å². The summed E-state index contributed by atoms with van der Waals surface area (Å²) in [5.41, 5.74) is 11.0. The van der Waals surface area contributed by atoms with Gasteiger partial charge in [0.1, 0.15) is 0 Å². The molecule has 0 aliphatic carbocycles. The second-order valence-corrected chi connectivity index (χ2v) is 8.44. The molecule has 6 N–H and O–H groups in total. The second-order valence-electron chi connectivity index (χ2n) is 8.44. The molecule has 0 radical (unpaired) electrons. The average molecular weight is 399 g/mol. The van der Waals surface area contributed by atoms with Crippen LogP contribution >= 0.6 is 0 Å². The maximum absolute atomic E-state index is 5.50. The van der Waals surface area contributed by atoms with Gasteiger partial charge in [0.05, 0.1) is 0 Å². The Bertz CT molecular complexity index is 235. The first-order valence-corrected chi connectivity index (χ1v) is 12.7. The van der Waals surface area contributed by atoms with Gasteiger partial charge in [0.2, 0.25) is 0 Å². The summed E-state index contributed by atoms with van der Waals surface area (Å²) >= 11 is 0. The largest absolute Gasteiger partial charge is 0.330 e. The highest BCUT2D eigenvalue weighted by Crippen LogP contribution is 2.10. The van der Waals surface area contributed by atoms with Gasteiger partial charge in [-0.1, -0.05) is 77.0 Å². The second kappa shape index (κ2) is 26.8. The van der Waals surface area contributed by atoms with E-state index in [0.717, 1.165) is 13.1 Å². The lowest BCUT2D eigenvalue weighted by molar-refractivity contribution is 0.524. The maximum atomic E-state index is 5.50. The monoisotopic (exact) mass is 398 g/mol. The maximum Gasteiger partial charge on any atom is -0.00489 e. The molecule has 0 aromatic heterocycles. The molecule has 0 unspecified atom stereocenters. The van der Waals surface area contributed by atoms with Gasteiger partial charge in [-0.25, -0.2) is 0 Å². The summed E-state index contributed by atoms with van der Waals surface area (Å²) in [5.74, 6) is 0. The molecule has 4 heteroatoms. The van der Waals surface area contributed by atoms with Gasteiger partial charge < -0.3 is 22.1 Å². The van der Waals surface area contributed by atoms with E-state index in [0.29, 0.717) is 0 Å². The van der Waals surface area contributed by atoms with Crippen molar-refractivity contribution >= 4 is 0 Å². The number of unbranched alkanes of at least 4 members (excludes halogenated alkanes) is 15. The Morgan fingerprint density at radius 1 is 0.286 bits per heavy atom. The quantitative estimate of drug-likeness (QED) is 0.161. The molecular formula is C24H54N4. The smallest absolute Gasteiger partial charge is 0.00489 e. The molecule has 28 heavy (non-hydrogen) atoms. The molecule has 0 fully saturated rings. The summed E-state index contributed by atoms with van der Waals surface area (Å²) in [6.45, 7) is 6.49. The third-order valence-electron chi connectivity index (χ3n) is 5.57. The Hall–Kier alpha value is -0.160. The summed E-state index contributed by atoms with van der Waals surface area (Å²) in [6.07, 6.45) is 24.4. The number of nitrogens with one attached hydrogen (secondary N) is 2. The molecule has 0 aromatic carbocycles. The Morgan fingerprint density at radius 2 is 0.500 bits per heavy atom. The number of hydrogen-bond donors (Lipinski definition) is 4. The lowest BCUT2D eigenvalue weighted by Gasteiger charge is -2.06. The zero-order chi connectivity index (χ0) is 20.4. The minimum atomic E-state index is 0.849. The van der Waals surface area contributed by atoms with Crippen LogP contribution in [0.5, 0.6) is 0 Å². The van der Waals surface area contributed by atoms with E-state index in [-0.39, 0.29) is 0 Å². The van der Waals surface area contributed by atoms with Crippen LogP contribution in [0.15, 0.2) is 0 Å². The van der Waals surface area contributed by atoms with Crippen molar-refractivity contribution in [1.29, 1.82) is 0 Å². The van der Waals surface area contributed by atoms with Gasteiger partial charge in [-0.15, -0.1) is 0 Å². The lowest BCUT2D eigenvalue weighted by Crippen LogP contribution is -2.16. The van der Waals surface area contributed by atoms with Crippen LogP contribution in [0.3, 0.4) is 0 Å². The van der Waals surface area contributed by atoms with Gasteiger partial charge in [-0.3, -0.25) is 0 Å². The van der Waals surface area contributed by atoms with E-state index in [1.54, 1.807) is 0 Å². The Morgan fingerprint density at radius 3 is 0.750 bits per heavy atom. The fraction of sp³-hybridized carbons (Fsp3) is 1.00. The van der Waals surface area contributed by atoms with Crippen molar-refractivity contribution in [3.05, 3.63) is 0 Å². The molecule has 0 aliphatic heterocycles. The minimum Gasteiger partial charge on any atom is -0.330 e. The van der Waals surface area contributed by atoms with Crippen molar-refractivity contribution in [3.8, 4) is 0 Å². The first kappa shape index (κ1) is 27.8. The third kappa shape index (κ3) is 25.8. The van der Waals surface area contributed by atoms with E-state index in [1.165, 1.54) is 142 Å². The molecular weight excluding hydrogens is 344 g/mol. The van der Waals surface area contributed by atoms with Crippen LogP contribution in [0.25, 0.3) is 0 Å². The first-order chi connectivity index (χ1) is 13.9. The van der Waals surface area contributed by atoms with Crippen molar-refractivity contribution in [2.24, 2.45) is 11.5 Å². The fourth-order valence-electron chi connectivity index (χ4n) is 3.66. The van der Waals surface area contributed by atoms with Crippen molar-refractivity contribution in [2.75, 3.05) is 39.3 Å². The summed E-state index contributed by atoms with van der Waals surface area (Å²) in [6, 6.07) is 0. The predicted octanol–water partition coefficient (Wildman–Crippen LogP) is 5.10. The minimum absolute atomic E-state index is 0.849. The highest BCUT2D eigenvalue weighted by molar-refractivity contribution is 4.54. The molecule has 4 nitrogen and oxygen atoms in total. The standard InChI is InChI=1S/C24H54N4/c25-19-13-7-11-17-23-27-21-15-9-5-3-1-2-4-6-10-16-22-28-24-18-12-8-14-20-26/h27-28H,1-26H2. The highest BCUT2D eigenvalue weighted by atomic mass is 14.8. The molecule has 0 aliphatic rings. The lowest BCUT2D eigenvalue weighted by atomic mass is 10.1. The van der Waals surface area contributed by atoms with Gasteiger partial charge in [-0.2, -0.15) is 0 Å². The molecule has 0 atom stereocenters. The van der Waals surface area contributed by atoms with E-state index in [4.69, 9.17) is 11.5 Å². The van der Waals surface area contributed by atoms with E-state index < -0.39 is 0 Å². The SMILES string of the molecule is NCCCCCCNCCCCCCCCCCCCNCCCCCCN. The van der Waals surface area contributed by atoms with Gasteiger partial charge in [0, 0.05) is 0 Å². The Labute approximate surface area is 177 Å². The number of hydrogen-bond acceptors (Lipinski definition) is 4. The van der Waals surface area contributed by atoms with E-state index >= 15 is 0 Å². The fourth-order valence-corrected chi connectivity index (χ4v) is 3.66. The summed E-state index contributed by atoms with van der Waals surface area (Å²) in [4.78, 5) is 0. The van der Waals surface area contributed by atoms with Crippen molar-refractivity contribution in [2.45, 2.75) is 116 Å². The molecule has 0 rings (SSSR count). The van der Waals surface area contributed by atoms with Crippen molar-refractivity contribution in [1.82, 2.24) is 10.6 Å². The molecule has 0 saturated carbocycles. The van der Waals surface area contributed by atoms with Crippen molar-refractivity contribution in [3.63, 3.8) is 0 Å². The van der Waals surface area contributed by atoms with Crippen LogP contribution in [0.1, 0.15) is 116 Å². The van der Waals surface area contributed by atoms with Gasteiger partial charge in [0.15, 0.2) is 0 Å². The average Bonchev–Trinajstić information content (AvgIpc) is 2.71. The first-order valence-electron chi connectivity index (χ1n) is 12.7. The Balaban J connectivity index is 2.96. The van der Waals surface area contributed by atoms with Crippen LogP contribution in [0.4, 0.5) is 0 Å². The topological polar surface area (TPSA) is 76.1 Å². The van der Waals surface area contributed by atoms with Gasteiger partial charge in [-0.05, 0) is 77.8 Å². The highest BCUT2D eigenvalue weighted by Gasteiger charge is 1.95. The van der Waals surface area contributed by atoms with Crippen LogP contribution in [0, 0.1) is 0 Å². The normalized spacial score (nSPS) is 11.4. The molecule has 0 amide bonds. The third-order valence-corrected chi connectivity index (χ3v) is 5.57. The Kier molecular flexibility index (Phi) is 26.7. The van der Waals surface area contributed by atoms with Crippen LogP contribution in [0.2, 0.25) is 0 Å². The predicted molar refractivity (Wildman–Crippen MR) is 127 cm³/mol. The van der Waals surface area contributed by atoms with Crippen LogP contribution in [-0.2, 0) is 0 Å². The number of rotatable bonds is 25.